The second-order valence-electron chi connectivity index (χ2n) is 4.03. The van der Waals surface area contributed by atoms with Gasteiger partial charge in [0, 0.05) is 22.1 Å². The third kappa shape index (κ3) is 1.48. The molecular weight excluding hydrogens is 242 g/mol. The molecule has 0 atom stereocenters. The van der Waals surface area contributed by atoms with Gasteiger partial charge in [0.05, 0.1) is 0 Å². The summed E-state index contributed by atoms with van der Waals surface area (Å²) in [6, 6.07) is 9.05. The first kappa shape index (κ1) is 11.3. The van der Waals surface area contributed by atoms with Crippen LogP contribution in [0.15, 0.2) is 40.5 Å². The Bertz CT molecular complexity index is 785. The Morgan fingerprint density at radius 3 is 2.74 bits per heavy atom. The van der Waals surface area contributed by atoms with Crippen molar-refractivity contribution in [3.05, 3.63) is 47.0 Å². The molecule has 19 heavy (non-hydrogen) atoms. The largest absolute Gasteiger partial charge is 0.409 e. The lowest BCUT2D eigenvalue weighted by atomic mass is 9.93. The Balaban J connectivity index is 2.51. The highest BCUT2D eigenvalue weighted by Crippen LogP contribution is 2.30. The van der Waals surface area contributed by atoms with Gasteiger partial charge in [0.15, 0.2) is 5.84 Å². The highest BCUT2D eigenvalue weighted by atomic mass is 16.5. The number of benzene rings is 2. The molecule has 2 aromatic carbocycles. The number of rotatable bonds is 0. The van der Waals surface area contributed by atoms with Crippen LogP contribution in [0.25, 0.3) is 10.8 Å². The van der Waals surface area contributed by atoms with Gasteiger partial charge in [-0.1, -0.05) is 29.3 Å². The average Bonchev–Trinajstić information content (AvgIpc) is 2.48. The minimum Gasteiger partial charge on any atom is -0.409 e. The summed E-state index contributed by atoms with van der Waals surface area (Å²) in [7, 11) is 0. The fraction of sp³-hybridized carbons (Fsp3) is 0. The van der Waals surface area contributed by atoms with Gasteiger partial charge in [-0.2, -0.15) is 0 Å². The van der Waals surface area contributed by atoms with Crippen LogP contribution in [0.1, 0.15) is 16.7 Å². The predicted molar refractivity (Wildman–Crippen MR) is 71.7 cm³/mol. The summed E-state index contributed by atoms with van der Waals surface area (Å²) >= 11 is 0. The van der Waals surface area contributed by atoms with E-state index in [1.807, 2.05) is 17.6 Å². The van der Waals surface area contributed by atoms with Gasteiger partial charge in [-0.15, -0.1) is 6.42 Å². The lowest BCUT2D eigenvalue weighted by molar-refractivity contribution is 0.235. The van der Waals surface area contributed by atoms with Crippen LogP contribution in [-0.4, -0.2) is 22.1 Å². The fourth-order valence-electron chi connectivity index (χ4n) is 2.30. The number of oxime groups is 1. The molecule has 2 aromatic rings. The molecule has 0 aliphatic carbocycles. The highest BCUT2D eigenvalue weighted by molar-refractivity contribution is 6.26. The molecule has 5 heteroatoms. The topological polar surface area (TPSA) is 77.2 Å². The number of hydrogen-bond acceptors (Lipinski definition) is 4. The van der Waals surface area contributed by atoms with Crippen LogP contribution in [0.4, 0.5) is 0 Å². The van der Waals surface area contributed by atoms with Crippen LogP contribution >= 0.6 is 0 Å². The lowest BCUT2D eigenvalue weighted by Crippen LogP contribution is -2.26. The lowest BCUT2D eigenvalue weighted by Gasteiger charge is -2.17. The van der Waals surface area contributed by atoms with Crippen molar-refractivity contribution < 1.29 is 10.4 Å². The molecule has 0 bridgehead atoms. The summed E-state index contributed by atoms with van der Waals surface area (Å²) in [5.74, 6) is 2.96. The van der Waals surface area contributed by atoms with Crippen molar-refractivity contribution in [3.8, 4) is 12.3 Å². The summed E-state index contributed by atoms with van der Waals surface area (Å²) in [4.78, 5) is 4.04. The molecule has 3 N–H and O–H groups in total. The van der Waals surface area contributed by atoms with Gasteiger partial charge in [-0.3, -0.25) is 10.7 Å². The quantitative estimate of drug-likeness (QED) is 0.379. The molecule has 1 heterocycles. The first-order valence-corrected chi connectivity index (χ1v) is 5.54. The van der Waals surface area contributed by atoms with Gasteiger partial charge >= 0.3 is 0 Å². The van der Waals surface area contributed by atoms with E-state index in [4.69, 9.17) is 16.8 Å². The minimum absolute atomic E-state index is 0.129. The second kappa shape index (κ2) is 4.12. The van der Waals surface area contributed by atoms with E-state index in [0.29, 0.717) is 11.1 Å². The molecule has 0 amide bonds. The summed E-state index contributed by atoms with van der Waals surface area (Å²) in [5, 5.41) is 23.0. The third-order valence-corrected chi connectivity index (χ3v) is 3.11. The molecule has 3 rings (SSSR count). The van der Waals surface area contributed by atoms with E-state index >= 15 is 0 Å². The van der Waals surface area contributed by atoms with E-state index in [2.05, 4.69) is 16.1 Å². The molecular formula is C14H9N3O2. The van der Waals surface area contributed by atoms with Gasteiger partial charge in [0.1, 0.15) is 0 Å². The van der Waals surface area contributed by atoms with Crippen LogP contribution in [0.3, 0.4) is 0 Å². The molecule has 0 fully saturated rings. The van der Waals surface area contributed by atoms with E-state index in [0.717, 1.165) is 16.3 Å². The van der Waals surface area contributed by atoms with Crippen molar-refractivity contribution in [2.75, 3.05) is 0 Å². The predicted octanol–water partition coefficient (Wildman–Crippen LogP) is 1.70. The molecule has 5 nitrogen and oxygen atoms in total. The molecule has 0 radical (unpaired) electrons. The third-order valence-electron chi connectivity index (χ3n) is 3.11. The molecule has 0 saturated heterocycles. The van der Waals surface area contributed by atoms with Crippen molar-refractivity contribution in [1.29, 1.82) is 0 Å². The van der Waals surface area contributed by atoms with E-state index in [1.54, 1.807) is 18.2 Å². The van der Waals surface area contributed by atoms with Crippen LogP contribution in [-0.2, 0) is 0 Å². The fourth-order valence-corrected chi connectivity index (χ4v) is 2.30. The number of hydrogen-bond donors (Lipinski definition) is 3. The van der Waals surface area contributed by atoms with E-state index < -0.39 is 0 Å². The monoisotopic (exact) mass is 251 g/mol. The van der Waals surface area contributed by atoms with Gasteiger partial charge in [-0.25, -0.2) is 4.99 Å². The Morgan fingerprint density at radius 1 is 1.21 bits per heavy atom. The van der Waals surface area contributed by atoms with Crippen molar-refractivity contribution >= 4 is 22.4 Å². The molecule has 0 unspecified atom stereocenters. The maximum Gasteiger partial charge on any atom is 0.201 e. The number of amidine groups is 2. The first-order chi connectivity index (χ1) is 9.30. The number of hydroxylamine groups is 1. The van der Waals surface area contributed by atoms with Crippen LogP contribution < -0.4 is 5.48 Å². The molecule has 0 aromatic heterocycles. The Labute approximate surface area is 108 Å². The second-order valence-corrected chi connectivity index (χ2v) is 4.03. The zero-order chi connectivity index (χ0) is 13.4. The minimum atomic E-state index is 0.129. The number of nitrogens with one attached hydrogen (secondary N) is 1. The molecule has 0 spiro atoms. The van der Waals surface area contributed by atoms with Crippen molar-refractivity contribution in [2.45, 2.75) is 0 Å². The maximum absolute atomic E-state index is 9.15. The van der Waals surface area contributed by atoms with Crippen molar-refractivity contribution in [1.82, 2.24) is 5.48 Å². The van der Waals surface area contributed by atoms with Gasteiger partial charge in [-0.05, 0) is 17.5 Å². The molecule has 0 saturated carbocycles. The van der Waals surface area contributed by atoms with E-state index in [1.165, 1.54) is 0 Å². The summed E-state index contributed by atoms with van der Waals surface area (Å²) < 4.78 is 0. The number of nitrogens with zero attached hydrogens (tertiary/aromatic N) is 2. The van der Waals surface area contributed by atoms with Gasteiger partial charge in [0.25, 0.3) is 0 Å². The first-order valence-electron chi connectivity index (χ1n) is 5.54. The maximum atomic E-state index is 9.15. The standard InChI is InChI=1S/C14H9N3O2/c1-2-8-6-7-11-12-9(8)4-3-5-10(12)13(16-18)15-14(11)17-19/h1,3-7,18-19H,(H,15,16,17). The zero-order valence-electron chi connectivity index (χ0n) is 9.75. The SMILES string of the molecule is C#Cc1ccc2c3c(cccc13)/C(=N\O)N=C2NO. The zero-order valence-corrected chi connectivity index (χ0v) is 9.75. The van der Waals surface area contributed by atoms with Crippen LogP contribution in [0.5, 0.6) is 0 Å². The van der Waals surface area contributed by atoms with Crippen molar-refractivity contribution in [2.24, 2.45) is 10.1 Å². The van der Waals surface area contributed by atoms with Gasteiger partial charge < -0.3 is 5.21 Å². The average molecular weight is 251 g/mol. The Kier molecular flexibility index (Phi) is 2.44. The summed E-state index contributed by atoms with van der Waals surface area (Å²) in [6.07, 6.45) is 5.48. The molecule has 1 aliphatic rings. The normalized spacial score (nSPS) is 15.2. The smallest absolute Gasteiger partial charge is 0.201 e. The van der Waals surface area contributed by atoms with Crippen LogP contribution in [0.2, 0.25) is 0 Å². The molecule has 92 valence electrons. The summed E-state index contributed by atoms with van der Waals surface area (Å²) in [5.41, 5.74) is 4.13. The summed E-state index contributed by atoms with van der Waals surface area (Å²) in [6.45, 7) is 0. The Hall–Kier alpha value is -2.84. The van der Waals surface area contributed by atoms with Crippen molar-refractivity contribution in [3.63, 3.8) is 0 Å². The highest BCUT2D eigenvalue weighted by Gasteiger charge is 2.21. The van der Waals surface area contributed by atoms with Crippen LogP contribution in [0, 0.1) is 12.3 Å². The number of terminal acetylenes is 1. The molecule has 1 aliphatic heterocycles. The van der Waals surface area contributed by atoms with E-state index in [9.17, 15) is 0 Å². The Morgan fingerprint density at radius 2 is 2.05 bits per heavy atom. The van der Waals surface area contributed by atoms with E-state index in [-0.39, 0.29) is 11.7 Å². The van der Waals surface area contributed by atoms with Gasteiger partial charge in [0.2, 0.25) is 5.84 Å². The number of aliphatic imine (C=N–C) groups is 1.